The predicted octanol–water partition coefficient (Wildman–Crippen LogP) is 0.178. The molecule has 1 fully saturated rings. The van der Waals surface area contributed by atoms with Crippen molar-refractivity contribution >= 4 is 10.0 Å². The molecule has 0 aromatic heterocycles. The van der Waals surface area contributed by atoms with E-state index in [-0.39, 0.29) is 17.5 Å². The second-order valence-electron chi connectivity index (χ2n) is 5.20. The highest BCUT2D eigenvalue weighted by Crippen LogP contribution is 2.15. The fraction of sp³-hybridized carbons (Fsp3) is 0.571. The molecular formula is C14H22N2O4S. The summed E-state index contributed by atoms with van der Waals surface area (Å²) < 4.78 is 32.7. The standard InChI is InChI=1S/C14H22N2O4S/c1-12(10-16-6-8-20-9-7-16)15-21(18,19)14-5-3-2-4-13(14)11-17/h2-5,12,15,17H,6-11H2,1H3. The number of benzene rings is 1. The lowest BCUT2D eigenvalue weighted by atomic mass is 10.2. The zero-order valence-corrected chi connectivity index (χ0v) is 13.0. The first-order chi connectivity index (χ1) is 10.0. The summed E-state index contributed by atoms with van der Waals surface area (Å²) in [7, 11) is -3.62. The molecule has 1 saturated heterocycles. The minimum Gasteiger partial charge on any atom is -0.392 e. The van der Waals surface area contributed by atoms with Crippen LogP contribution >= 0.6 is 0 Å². The Hall–Kier alpha value is -0.990. The number of hydrogen-bond donors (Lipinski definition) is 2. The highest BCUT2D eigenvalue weighted by Gasteiger charge is 2.22. The molecule has 1 aliphatic heterocycles. The van der Waals surface area contributed by atoms with Gasteiger partial charge in [0.1, 0.15) is 0 Å². The monoisotopic (exact) mass is 314 g/mol. The smallest absolute Gasteiger partial charge is 0.241 e. The molecule has 0 aliphatic carbocycles. The fourth-order valence-electron chi connectivity index (χ4n) is 2.43. The van der Waals surface area contributed by atoms with Gasteiger partial charge in [0.15, 0.2) is 0 Å². The number of ether oxygens (including phenoxy) is 1. The third kappa shape index (κ3) is 4.49. The van der Waals surface area contributed by atoms with Crippen LogP contribution in [0.1, 0.15) is 12.5 Å². The van der Waals surface area contributed by atoms with Gasteiger partial charge in [0.25, 0.3) is 0 Å². The van der Waals surface area contributed by atoms with E-state index in [0.29, 0.717) is 25.3 Å². The second-order valence-corrected chi connectivity index (χ2v) is 6.88. The Morgan fingerprint density at radius 3 is 2.67 bits per heavy atom. The van der Waals surface area contributed by atoms with Gasteiger partial charge in [-0.15, -0.1) is 0 Å². The van der Waals surface area contributed by atoms with Crippen LogP contribution in [0.5, 0.6) is 0 Å². The number of nitrogens with zero attached hydrogens (tertiary/aromatic N) is 1. The lowest BCUT2D eigenvalue weighted by molar-refractivity contribution is 0.0354. The van der Waals surface area contributed by atoms with Gasteiger partial charge < -0.3 is 9.84 Å². The second kappa shape index (κ2) is 7.33. The number of nitrogens with one attached hydrogen (secondary N) is 1. The summed E-state index contributed by atoms with van der Waals surface area (Å²) in [6.45, 7) is 5.20. The van der Waals surface area contributed by atoms with Crippen LogP contribution in [0.2, 0.25) is 0 Å². The maximum Gasteiger partial charge on any atom is 0.241 e. The van der Waals surface area contributed by atoms with Crippen molar-refractivity contribution < 1.29 is 18.3 Å². The van der Waals surface area contributed by atoms with E-state index < -0.39 is 10.0 Å². The van der Waals surface area contributed by atoms with E-state index in [9.17, 15) is 13.5 Å². The van der Waals surface area contributed by atoms with Gasteiger partial charge in [0.05, 0.1) is 24.7 Å². The van der Waals surface area contributed by atoms with Crippen molar-refractivity contribution in [3.05, 3.63) is 29.8 Å². The van der Waals surface area contributed by atoms with E-state index in [1.54, 1.807) is 18.2 Å². The molecule has 1 aliphatic rings. The Balaban J connectivity index is 2.02. The van der Waals surface area contributed by atoms with Gasteiger partial charge in [-0.3, -0.25) is 4.90 Å². The van der Waals surface area contributed by atoms with Crippen LogP contribution in [-0.4, -0.2) is 57.3 Å². The molecule has 1 atom stereocenters. The van der Waals surface area contributed by atoms with Crippen molar-refractivity contribution in [2.45, 2.75) is 24.5 Å². The maximum atomic E-state index is 12.4. The highest BCUT2D eigenvalue weighted by atomic mass is 32.2. The van der Waals surface area contributed by atoms with Crippen molar-refractivity contribution in [1.29, 1.82) is 0 Å². The van der Waals surface area contributed by atoms with Crippen LogP contribution < -0.4 is 4.72 Å². The van der Waals surface area contributed by atoms with Crippen molar-refractivity contribution in [2.24, 2.45) is 0 Å². The van der Waals surface area contributed by atoms with Crippen molar-refractivity contribution in [3.63, 3.8) is 0 Å². The molecule has 1 aromatic carbocycles. The van der Waals surface area contributed by atoms with Crippen molar-refractivity contribution in [2.75, 3.05) is 32.8 Å². The van der Waals surface area contributed by atoms with E-state index in [0.717, 1.165) is 13.1 Å². The molecule has 7 heteroatoms. The van der Waals surface area contributed by atoms with Gasteiger partial charge >= 0.3 is 0 Å². The van der Waals surface area contributed by atoms with Crippen LogP contribution in [0.15, 0.2) is 29.2 Å². The topological polar surface area (TPSA) is 78.9 Å². The SMILES string of the molecule is CC(CN1CCOCC1)NS(=O)(=O)c1ccccc1CO. The number of morpholine rings is 1. The van der Waals surface area contributed by atoms with E-state index in [2.05, 4.69) is 9.62 Å². The van der Waals surface area contributed by atoms with Crippen LogP contribution in [0, 0.1) is 0 Å². The lowest BCUT2D eigenvalue weighted by Gasteiger charge is -2.29. The average Bonchev–Trinajstić information content (AvgIpc) is 2.47. The third-order valence-electron chi connectivity index (χ3n) is 3.42. The fourth-order valence-corrected chi connectivity index (χ4v) is 3.90. The predicted molar refractivity (Wildman–Crippen MR) is 79.4 cm³/mol. The number of rotatable bonds is 6. The summed E-state index contributed by atoms with van der Waals surface area (Å²) in [6, 6.07) is 6.28. The average molecular weight is 314 g/mol. The zero-order valence-electron chi connectivity index (χ0n) is 12.2. The van der Waals surface area contributed by atoms with E-state index in [4.69, 9.17) is 4.74 Å². The highest BCUT2D eigenvalue weighted by molar-refractivity contribution is 7.89. The Morgan fingerprint density at radius 2 is 2.00 bits per heavy atom. The molecule has 21 heavy (non-hydrogen) atoms. The molecule has 0 spiro atoms. The largest absolute Gasteiger partial charge is 0.392 e. The van der Waals surface area contributed by atoms with E-state index in [1.165, 1.54) is 6.07 Å². The van der Waals surface area contributed by atoms with Gasteiger partial charge in [-0.05, 0) is 18.6 Å². The first kappa shape index (κ1) is 16.4. The van der Waals surface area contributed by atoms with Gasteiger partial charge in [-0.25, -0.2) is 13.1 Å². The quantitative estimate of drug-likeness (QED) is 0.783. The van der Waals surface area contributed by atoms with Gasteiger partial charge in [-0.2, -0.15) is 0 Å². The summed E-state index contributed by atoms with van der Waals surface area (Å²) in [4.78, 5) is 2.32. The molecule has 0 bridgehead atoms. The Kier molecular flexibility index (Phi) is 5.72. The summed E-state index contributed by atoms with van der Waals surface area (Å²) in [6.07, 6.45) is 0. The maximum absolute atomic E-state index is 12.4. The van der Waals surface area contributed by atoms with E-state index in [1.807, 2.05) is 6.92 Å². The first-order valence-electron chi connectivity index (χ1n) is 7.04. The zero-order chi connectivity index (χ0) is 15.3. The minimum atomic E-state index is -3.62. The number of hydrogen-bond acceptors (Lipinski definition) is 5. The molecule has 6 nitrogen and oxygen atoms in total. The van der Waals surface area contributed by atoms with Crippen LogP contribution in [0.3, 0.4) is 0 Å². The normalized spacial score (nSPS) is 18.6. The summed E-state index contributed by atoms with van der Waals surface area (Å²) in [5.41, 5.74) is 0.406. The Labute approximate surface area is 125 Å². The molecule has 2 rings (SSSR count). The molecule has 0 saturated carbocycles. The summed E-state index contributed by atoms with van der Waals surface area (Å²) in [5.74, 6) is 0. The number of aliphatic hydroxyl groups excluding tert-OH is 1. The third-order valence-corrected chi connectivity index (χ3v) is 5.11. The Bertz CT molecular complexity index is 556. The lowest BCUT2D eigenvalue weighted by Crippen LogP contribution is -2.46. The molecule has 118 valence electrons. The van der Waals surface area contributed by atoms with Gasteiger partial charge in [0.2, 0.25) is 10.0 Å². The molecule has 1 unspecified atom stereocenters. The van der Waals surface area contributed by atoms with Gasteiger partial charge in [-0.1, -0.05) is 18.2 Å². The molecule has 1 heterocycles. The first-order valence-corrected chi connectivity index (χ1v) is 8.52. The molecule has 2 N–H and O–H groups in total. The van der Waals surface area contributed by atoms with E-state index >= 15 is 0 Å². The van der Waals surface area contributed by atoms with Crippen molar-refractivity contribution in [3.8, 4) is 0 Å². The Morgan fingerprint density at radius 1 is 1.33 bits per heavy atom. The summed E-state index contributed by atoms with van der Waals surface area (Å²) >= 11 is 0. The number of sulfonamides is 1. The van der Waals surface area contributed by atoms with Crippen molar-refractivity contribution in [1.82, 2.24) is 9.62 Å². The summed E-state index contributed by atoms with van der Waals surface area (Å²) in [5, 5.41) is 9.26. The number of aliphatic hydroxyl groups is 1. The minimum absolute atomic E-state index is 0.140. The van der Waals surface area contributed by atoms with Crippen LogP contribution in [0.25, 0.3) is 0 Å². The molecule has 1 aromatic rings. The van der Waals surface area contributed by atoms with Gasteiger partial charge in [0, 0.05) is 25.7 Å². The molecule has 0 amide bonds. The molecule has 0 radical (unpaired) electrons. The van der Waals surface area contributed by atoms with Crippen LogP contribution in [-0.2, 0) is 21.4 Å². The van der Waals surface area contributed by atoms with Crippen LogP contribution in [0.4, 0.5) is 0 Å². The molecular weight excluding hydrogens is 292 g/mol.